The van der Waals surface area contributed by atoms with Gasteiger partial charge in [-0.15, -0.1) is 0 Å². The Hall–Kier alpha value is -2.50. The highest BCUT2D eigenvalue weighted by molar-refractivity contribution is 5.93. The van der Waals surface area contributed by atoms with Crippen LogP contribution < -0.4 is 15.2 Å². The van der Waals surface area contributed by atoms with Gasteiger partial charge in [0.25, 0.3) is 5.82 Å². The normalized spacial score (nSPS) is 19.3. The maximum atomic E-state index is 13.7. The van der Waals surface area contributed by atoms with Crippen molar-refractivity contribution in [2.75, 3.05) is 17.7 Å². The van der Waals surface area contributed by atoms with Crippen LogP contribution in [0.1, 0.15) is 23.6 Å². The minimum Gasteiger partial charge on any atom is -0.310 e. The molecular weight excluding hydrogens is 295 g/mol. The van der Waals surface area contributed by atoms with E-state index < -0.39 is 0 Å². The number of hydrogen-bond acceptors (Lipinski definition) is 3. The van der Waals surface area contributed by atoms with Crippen molar-refractivity contribution in [2.24, 2.45) is 5.92 Å². The number of halogens is 1. The van der Waals surface area contributed by atoms with E-state index in [0.717, 1.165) is 12.0 Å². The van der Waals surface area contributed by atoms with Crippen LogP contribution >= 0.6 is 0 Å². The molecule has 2 aromatic heterocycles. The fourth-order valence-corrected chi connectivity index (χ4v) is 2.66. The van der Waals surface area contributed by atoms with E-state index in [1.54, 1.807) is 32.4 Å². The van der Waals surface area contributed by atoms with E-state index in [4.69, 9.17) is 0 Å². The molecule has 1 fully saturated rings. The minimum absolute atomic E-state index is 0.0437. The van der Waals surface area contributed by atoms with Crippen LogP contribution in [0.25, 0.3) is 0 Å². The summed E-state index contributed by atoms with van der Waals surface area (Å²) in [4.78, 5) is 16.5. The molecule has 3 rings (SSSR count). The number of amides is 1. The van der Waals surface area contributed by atoms with Gasteiger partial charge in [-0.05, 0) is 25.5 Å². The van der Waals surface area contributed by atoms with Gasteiger partial charge >= 0.3 is 0 Å². The standard InChI is InChI=1S/C17H19FN4O/c1-10-4-5-15(20-8-10)21-17(23)12-6-14(12)22-9-11(2)13(18)7-16(22)19-3/h4-5,7-9,12,14H,6H2,1-3H3,(H,20,21,23)/p+1. The van der Waals surface area contributed by atoms with Crippen molar-refractivity contribution in [1.29, 1.82) is 0 Å². The molecule has 2 unspecified atom stereocenters. The molecule has 0 aliphatic heterocycles. The lowest BCUT2D eigenvalue weighted by Gasteiger charge is -2.08. The molecule has 0 spiro atoms. The van der Waals surface area contributed by atoms with E-state index in [-0.39, 0.29) is 23.7 Å². The first-order valence-electron chi connectivity index (χ1n) is 7.62. The van der Waals surface area contributed by atoms with E-state index in [1.807, 2.05) is 17.6 Å². The minimum atomic E-state index is -0.254. The number of pyridine rings is 2. The highest BCUT2D eigenvalue weighted by Gasteiger charge is 2.49. The number of carbonyl (C=O) groups excluding carboxylic acids is 1. The highest BCUT2D eigenvalue weighted by atomic mass is 19.1. The molecule has 0 aromatic carbocycles. The number of nitrogens with zero attached hydrogens (tertiary/aromatic N) is 2. The van der Waals surface area contributed by atoms with Crippen molar-refractivity contribution in [2.45, 2.75) is 26.3 Å². The second kappa shape index (κ2) is 5.95. The molecule has 6 heteroatoms. The van der Waals surface area contributed by atoms with E-state index in [9.17, 15) is 9.18 Å². The Balaban J connectivity index is 1.73. The first-order chi connectivity index (χ1) is 11.0. The van der Waals surface area contributed by atoms with E-state index >= 15 is 0 Å². The highest BCUT2D eigenvalue weighted by Crippen LogP contribution is 2.40. The molecule has 1 amide bonds. The van der Waals surface area contributed by atoms with Gasteiger partial charge in [-0.1, -0.05) is 6.07 Å². The van der Waals surface area contributed by atoms with Gasteiger partial charge in [-0.3, -0.25) is 10.1 Å². The summed E-state index contributed by atoms with van der Waals surface area (Å²) >= 11 is 0. The topological polar surface area (TPSA) is 57.9 Å². The fraction of sp³-hybridized carbons (Fsp3) is 0.353. The largest absolute Gasteiger partial charge is 0.310 e. The van der Waals surface area contributed by atoms with Crippen molar-refractivity contribution in [3.63, 3.8) is 0 Å². The lowest BCUT2D eigenvalue weighted by molar-refractivity contribution is -0.689. The van der Waals surface area contributed by atoms with Gasteiger partial charge in [0.2, 0.25) is 5.91 Å². The number of anilines is 2. The third-order valence-electron chi connectivity index (χ3n) is 4.12. The Labute approximate surface area is 134 Å². The zero-order chi connectivity index (χ0) is 16.6. The molecule has 0 saturated heterocycles. The molecule has 5 nitrogen and oxygen atoms in total. The summed E-state index contributed by atoms with van der Waals surface area (Å²) in [6.45, 7) is 3.67. The Kier molecular flexibility index (Phi) is 3.98. The quantitative estimate of drug-likeness (QED) is 0.852. The molecule has 0 bridgehead atoms. The van der Waals surface area contributed by atoms with Crippen LogP contribution in [0.3, 0.4) is 0 Å². The zero-order valence-electron chi connectivity index (χ0n) is 13.4. The second-order valence-electron chi connectivity index (χ2n) is 5.97. The van der Waals surface area contributed by atoms with Gasteiger partial charge < -0.3 is 5.32 Å². The molecule has 2 atom stereocenters. The number of carbonyl (C=O) groups is 1. The van der Waals surface area contributed by atoms with Crippen LogP contribution in [0.4, 0.5) is 16.0 Å². The lowest BCUT2D eigenvalue weighted by atomic mass is 10.2. The van der Waals surface area contributed by atoms with E-state index in [1.165, 1.54) is 6.07 Å². The fourth-order valence-electron chi connectivity index (χ4n) is 2.66. The Morgan fingerprint density at radius 3 is 2.83 bits per heavy atom. The van der Waals surface area contributed by atoms with Crippen molar-refractivity contribution in [3.05, 3.63) is 47.5 Å². The third kappa shape index (κ3) is 3.16. The molecule has 2 aromatic rings. The Bertz CT molecular complexity index is 745. The van der Waals surface area contributed by atoms with Crippen LogP contribution in [0, 0.1) is 25.6 Å². The molecule has 2 heterocycles. The summed E-state index contributed by atoms with van der Waals surface area (Å²) in [6.07, 6.45) is 4.21. The molecule has 2 N–H and O–H groups in total. The monoisotopic (exact) mass is 315 g/mol. The summed E-state index contributed by atoms with van der Waals surface area (Å²) in [7, 11) is 1.74. The van der Waals surface area contributed by atoms with Gasteiger partial charge in [0.05, 0.1) is 25.2 Å². The van der Waals surface area contributed by atoms with Gasteiger partial charge in [-0.2, -0.15) is 0 Å². The summed E-state index contributed by atoms with van der Waals surface area (Å²) in [6, 6.07) is 5.20. The summed E-state index contributed by atoms with van der Waals surface area (Å²) < 4.78 is 15.6. The molecule has 120 valence electrons. The maximum Gasteiger partial charge on any atom is 0.277 e. The van der Waals surface area contributed by atoms with Crippen molar-refractivity contribution in [1.82, 2.24) is 4.98 Å². The van der Waals surface area contributed by atoms with Crippen LogP contribution in [0.15, 0.2) is 30.6 Å². The van der Waals surface area contributed by atoms with Crippen molar-refractivity contribution < 1.29 is 13.8 Å². The van der Waals surface area contributed by atoms with Gasteiger partial charge in [-0.25, -0.2) is 13.9 Å². The molecule has 0 radical (unpaired) electrons. The Morgan fingerprint density at radius 1 is 1.39 bits per heavy atom. The van der Waals surface area contributed by atoms with Crippen LogP contribution in [0.5, 0.6) is 0 Å². The first-order valence-corrected chi connectivity index (χ1v) is 7.62. The molecule has 1 aliphatic rings. The van der Waals surface area contributed by atoms with Crippen LogP contribution in [0.2, 0.25) is 0 Å². The third-order valence-corrected chi connectivity index (χ3v) is 4.12. The number of nitrogens with one attached hydrogen (secondary N) is 2. The number of rotatable bonds is 4. The maximum absolute atomic E-state index is 13.7. The predicted octanol–water partition coefficient (Wildman–Crippen LogP) is 2.37. The van der Waals surface area contributed by atoms with E-state index in [2.05, 4.69) is 15.6 Å². The number of aromatic nitrogens is 2. The first kappa shape index (κ1) is 15.4. The number of aryl methyl sites for hydroxylation is 2. The molecule has 1 saturated carbocycles. The number of hydrogen-bond donors (Lipinski definition) is 2. The Morgan fingerprint density at radius 2 is 2.17 bits per heavy atom. The smallest absolute Gasteiger partial charge is 0.277 e. The van der Waals surface area contributed by atoms with Crippen LogP contribution in [-0.2, 0) is 4.79 Å². The zero-order valence-corrected chi connectivity index (χ0v) is 13.4. The molecule has 1 aliphatic carbocycles. The molecular formula is C17H20FN4O+. The summed E-state index contributed by atoms with van der Waals surface area (Å²) in [5.74, 6) is 0.793. The summed E-state index contributed by atoms with van der Waals surface area (Å²) in [5.41, 5.74) is 1.61. The van der Waals surface area contributed by atoms with Crippen molar-refractivity contribution >= 4 is 17.5 Å². The SMILES string of the molecule is CNc1cc(F)c(C)c[n+]1C1CC1C(=O)Nc1ccc(C)cn1. The summed E-state index contributed by atoms with van der Waals surface area (Å²) in [5, 5.41) is 5.82. The average molecular weight is 315 g/mol. The lowest BCUT2D eigenvalue weighted by Crippen LogP contribution is -2.38. The predicted molar refractivity (Wildman–Crippen MR) is 85.6 cm³/mol. The van der Waals surface area contributed by atoms with Gasteiger partial charge in [0, 0.05) is 18.2 Å². The molecule has 23 heavy (non-hydrogen) atoms. The van der Waals surface area contributed by atoms with E-state index in [0.29, 0.717) is 17.2 Å². The average Bonchev–Trinajstić information content (AvgIpc) is 3.32. The van der Waals surface area contributed by atoms with Crippen molar-refractivity contribution in [3.8, 4) is 0 Å². The van der Waals surface area contributed by atoms with Gasteiger partial charge in [0.1, 0.15) is 17.7 Å². The second-order valence-corrected chi connectivity index (χ2v) is 5.97. The van der Waals surface area contributed by atoms with Gasteiger partial charge in [0.15, 0.2) is 0 Å². The van der Waals surface area contributed by atoms with Crippen LogP contribution in [-0.4, -0.2) is 17.9 Å².